The molecule has 108 valence electrons. The smallest absolute Gasteiger partial charge is 0.183 e. The van der Waals surface area contributed by atoms with Crippen LogP contribution >= 0.6 is 23.1 Å². The van der Waals surface area contributed by atoms with Crippen molar-refractivity contribution in [1.82, 2.24) is 4.57 Å². The van der Waals surface area contributed by atoms with Gasteiger partial charge in [-0.05, 0) is 24.1 Å². The Morgan fingerprint density at radius 2 is 2.05 bits per heavy atom. The second-order valence-corrected chi connectivity index (χ2v) is 6.56. The maximum atomic E-state index is 8.97. The Morgan fingerprint density at radius 1 is 1.33 bits per heavy atom. The SMILES string of the molecule is COc1cc2c(cc1OC)-c1c(SC#N)sc(=N)n1CC2. The number of ether oxygens (including phenoxy) is 2. The number of hydrogen-bond acceptors (Lipinski definition) is 6. The van der Waals surface area contributed by atoms with Gasteiger partial charge in [-0.25, -0.2) is 0 Å². The highest BCUT2D eigenvalue weighted by atomic mass is 32.2. The number of fused-ring (bicyclic) bond motifs is 3. The number of aryl methyl sites for hydroxylation is 1. The molecule has 0 saturated carbocycles. The average Bonchev–Trinajstić information content (AvgIpc) is 2.82. The molecule has 0 spiro atoms. The molecule has 21 heavy (non-hydrogen) atoms. The molecule has 0 atom stereocenters. The van der Waals surface area contributed by atoms with Gasteiger partial charge in [0.1, 0.15) is 9.61 Å². The normalized spacial score (nSPS) is 12.2. The number of nitriles is 1. The van der Waals surface area contributed by atoms with Crippen LogP contribution < -0.4 is 14.3 Å². The van der Waals surface area contributed by atoms with Gasteiger partial charge in [-0.15, -0.1) is 0 Å². The van der Waals surface area contributed by atoms with Crippen molar-refractivity contribution < 1.29 is 9.47 Å². The summed E-state index contributed by atoms with van der Waals surface area (Å²) in [5.74, 6) is 1.37. The molecule has 1 aromatic heterocycles. The van der Waals surface area contributed by atoms with Crippen LogP contribution in [0.3, 0.4) is 0 Å². The molecule has 0 bridgehead atoms. The maximum absolute atomic E-state index is 8.97. The number of nitrogens with one attached hydrogen (secondary N) is 1. The van der Waals surface area contributed by atoms with Gasteiger partial charge in [0.2, 0.25) is 0 Å². The van der Waals surface area contributed by atoms with E-state index >= 15 is 0 Å². The third-order valence-electron chi connectivity index (χ3n) is 3.51. The van der Waals surface area contributed by atoms with Gasteiger partial charge in [-0.2, -0.15) is 5.26 Å². The summed E-state index contributed by atoms with van der Waals surface area (Å²) in [6.45, 7) is 0.749. The van der Waals surface area contributed by atoms with Gasteiger partial charge >= 0.3 is 0 Å². The lowest BCUT2D eigenvalue weighted by molar-refractivity contribution is 0.354. The van der Waals surface area contributed by atoms with Crippen molar-refractivity contribution in [3.05, 3.63) is 22.5 Å². The Balaban J connectivity index is 2.26. The molecule has 5 nitrogen and oxygen atoms in total. The zero-order chi connectivity index (χ0) is 15.0. The predicted octanol–water partition coefficient (Wildman–Crippen LogP) is 2.84. The number of methoxy groups -OCH3 is 2. The largest absolute Gasteiger partial charge is 0.493 e. The molecule has 0 amide bonds. The topological polar surface area (TPSA) is 71.0 Å². The molecule has 0 fully saturated rings. The second-order valence-electron chi connectivity index (χ2n) is 4.50. The standard InChI is InChI=1S/C14H13N3O2S2/c1-18-10-5-8-3-4-17-12(9(8)6-11(10)19-2)13(20-7-15)21-14(17)16/h5-6,16H,3-4H2,1-2H3. The number of hydrogen-bond donors (Lipinski definition) is 1. The Hall–Kier alpha value is -1.91. The lowest BCUT2D eigenvalue weighted by Gasteiger charge is -2.21. The van der Waals surface area contributed by atoms with Crippen molar-refractivity contribution in [3.8, 4) is 28.2 Å². The molecular weight excluding hydrogens is 306 g/mol. The highest BCUT2D eigenvalue weighted by Crippen LogP contribution is 2.42. The molecule has 1 N–H and O–H groups in total. The summed E-state index contributed by atoms with van der Waals surface area (Å²) >= 11 is 2.45. The number of benzene rings is 1. The van der Waals surface area contributed by atoms with Gasteiger partial charge in [0.05, 0.1) is 19.9 Å². The molecule has 2 heterocycles. The summed E-state index contributed by atoms with van der Waals surface area (Å²) in [6, 6.07) is 3.92. The Bertz CT molecular complexity index is 802. The summed E-state index contributed by atoms with van der Waals surface area (Å²) in [5.41, 5.74) is 3.12. The molecule has 1 aliphatic rings. The molecule has 7 heteroatoms. The summed E-state index contributed by atoms with van der Waals surface area (Å²) in [4.78, 5) is 0.475. The van der Waals surface area contributed by atoms with E-state index in [1.807, 2.05) is 16.7 Å². The van der Waals surface area contributed by atoms with Gasteiger partial charge in [0.25, 0.3) is 0 Å². The molecular formula is C14H13N3O2S2. The van der Waals surface area contributed by atoms with Crippen LogP contribution in [0.2, 0.25) is 0 Å². The van der Waals surface area contributed by atoms with Gasteiger partial charge in [0, 0.05) is 23.9 Å². The van der Waals surface area contributed by atoms with Crippen LogP contribution in [0.4, 0.5) is 0 Å². The summed E-state index contributed by atoms with van der Waals surface area (Å²) in [7, 11) is 3.23. The van der Waals surface area contributed by atoms with Crippen LogP contribution in [0.15, 0.2) is 16.3 Å². The number of thiazole rings is 1. The first kappa shape index (κ1) is 14.0. The fraction of sp³-hybridized carbons (Fsp3) is 0.286. The lowest BCUT2D eigenvalue weighted by atomic mass is 9.98. The molecule has 0 saturated heterocycles. The van der Waals surface area contributed by atoms with Crippen molar-refractivity contribution in [3.63, 3.8) is 0 Å². The fourth-order valence-corrected chi connectivity index (χ4v) is 4.26. The molecule has 1 aliphatic heterocycles. The van der Waals surface area contributed by atoms with Crippen molar-refractivity contribution in [1.29, 1.82) is 10.7 Å². The number of thiocyanates is 1. The van der Waals surface area contributed by atoms with Crippen molar-refractivity contribution in [2.24, 2.45) is 0 Å². The zero-order valence-corrected chi connectivity index (χ0v) is 13.2. The maximum Gasteiger partial charge on any atom is 0.183 e. The van der Waals surface area contributed by atoms with Gasteiger partial charge in [-0.1, -0.05) is 11.3 Å². The Kier molecular flexibility index (Phi) is 3.66. The predicted molar refractivity (Wildman–Crippen MR) is 81.9 cm³/mol. The minimum absolute atomic E-state index is 0.475. The van der Waals surface area contributed by atoms with Gasteiger partial charge in [0.15, 0.2) is 16.3 Å². The molecule has 3 rings (SSSR count). The molecule has 0 radical (unpaired) electrons. The van der Waals surface area contributed by atoms with E-state index in [1.165, 1.54) is 11.3 Å². The zero-order valence-electron chi connectivity index (χ0n) is 11.6. The van der Waals surface area contributed by atoms with Crippen LogP contribution in [0.25, 0.3) is 11.3 Å². The number of thioether (sulfide) groups is 1. The third kappa shape index (κ3) is 2.20. The second kappa shape index (κ2) is 5.47. The summed E-state index contributed by atoms with van der Waals surface area (Å²) in [6.07, 6.45) is 0.840. The number of rotatable bonds is 3. The summed E-state index contributed by atoms with van der Waals surface area (Å²) < 4.78 is 13.5. The molecule has 2 aromatic rings. The summed E-state index contributed by atoms with van der Waals surface area (Å²) in [5, 5.41) is 19.1. The highest BCUT2D eigenvalue weighted by Gasteiger charge is 2.24. The van der Waals surface area contributed by atoms with E-state index < -0.39 is 0 Å². The third-order valence-corrected chi connectivity index (χ3v) is 5.27. The molecule has 0 aliphatic carbocycles. The van der Waals surface area contributed by atoms with Gasteiger partial charge in [-0.3, -0.25) is 5.41 Å². The lowest BCUT2D eigenvalue weighted by Crippen LogP contribution is -2.20. The first-order valence-electron chi connectivity index (χ1n) is 6.29. The van der Waals surface area contributed by atoms with Crippen molar-refractivity contribution in [2.45, 2.75) is 17.2 Å². The van der Waals surface area contributed by atoms with Crippen molar-refractivity contribution in [2.75, 3.05) is 14.2 Å². The highest BCUT2D eigenvalue weighted by molar-refractivity contribution is 8.05. The van der Waals surface area contributed by atoms with Crippen LogP contribution in [0.5, 0.6) is 11.5 Å². The van der Waals surface area contributed by atoms with E-state index in [4.69, 9.17) is 20.1 Å². The molecule has 0 unspecified atom stereocenters. The van der Waals surface area contributed by atoms with E-state index in [0.717, 1.165) is 45.8 Å². The van der Waals surface area contributed by atoms with E-state index in [-0.39, 0.29) is 0 Å². The first-order chi connectivity index (χ1) is 10.2. The quantitative estimate of drug-likeness (QED) is 0.697. The Morgan fingerprint density at radius 3 is 2.71 bits per heavy atom. The number of nitrogens with zero attached hydrogens (tertiary/aromatic N) is 2. The van der Waals surface area contributed by atoms with E-state index in [9.17, 15) is 0 Å². The van der Waals surface area contributed by atoms with Gasteiger partial charge < -0.3 is 14.0 Å². The Labute approximate surface area is 130 Å². The number of aromatic nitrogens is 1. The van der Waals surface area contributed by atoms with Crippen LogP contribution in [-0.2, 0) is 13.0 Å². The fourth-order valence-electron chi connectivity index (χ4n) is 2.56. The van der Waals surface area contributed by atoms with Crippen LogP contribution in [0, 0.1) is 16.1 Å². The van der Waals surface area contributed by atoms with E-state index in [0.29, 0.717) is 16.3 Å². The first-order valence-corrected chi connectivity index (χ1v) is 7.92. The van der Waals surface area contributed by atoms with E-state index in [2.05, 4.69) is 5.40 Å². The minimum atomic E-state index is 0.475. The monoisotopic (exact) mass is 319 g/mol. The van der Waals surface area contributed by atoms with Crippen LogP contribution in [0.1, 0.15) is 5.56 Å². The molecule has 1 aromatic carbocycles. The van der Waals surface area contributed by atoms with Crippen LogP contribution in [-0.4, -0.2) is 18.8 Å². The van der Waals surface area contributed by atoms with E-state index in [1.54, 1.807) is 14.2 Å². The average molecular weight is 319 g/mol. The minimum Gasteiger partial charge on any atom is -0.493 e. The van der Waals surface area contributed by atoms with Crippen molar-refractivity contribution >= 4 is 23.1 Å².